The van der Waals surface area contributed by atoms with Crippen molar-refractivity contribution in [1.29, 1.82) is 0 Å². The second kappa shape index (κ2) is 5.02. The van der Waals surface area contributed by atoms with Gasteiger partial charge in [-0.25, -0.2) is 9.97 Å². The van der Waals surface area contributed by atoms with Crippen LogP contribution in [-0.4, -0.2) is 17.1 Å². The summed E-state index contributed by atoms with van der Waals surface area (Å²) in [6.07, 6.45) is 0. The molecule has 0 spiro atoms. The quantitative estimate of drug-likeness (QED) is 0.789. The fraction of sp³-hybridized carbons (Fsp3) is 0.167. The lowest BCUT2D eigenvalue weighted by Gasteiger charge is -2.07. The SMILES string of the molecule is COc1cc(-c2cc(Br)nc(C)n2)ccc1Cl. The number of hydrogen-bond acceptors (Lipinski definition) is 3. The molecule has 2 aromatic rings. The van der Waals surface area contributed by atoms with E-state index in [2.05, 4.69) is 25.9 Å². The zero-order chi connectivity index (χ0) is 12.4. The number of benzene rings is 1. The second-order valence-corrected chi connectivity index (χ2v) is 4.69. The number of hydrogen-bond donors (Lipinski definition) is 0. The van der Waals surface area contributed by atoms with Crippen molar-refractivity contribution in [2.75, 3.05) is 7.11 Å². The van der Waals surface area contributed by atoms with Crippen molar-refractivity contribution in [1.82, 2.24) is 9.97 Å². The highest BCUT2D eigenvalue weighted by Crippen LogP contribution is 2.30. The summed E-state index contributed by atoms with van der Waals surface area (Å²) < 4.78 is 5.94. The maximum absolute atomic E-state index is 5.98. The summed E-state index contributed by atoms with van der Waals surface area (Å²) >= 11 is 9.33. The Morgan fingerprint density at radius 2 is 2.00 bits per heavy atom. The molecule has 0 N–H and O–H groups in total. The molecule has 0 saturated carbocycles. The molecule has 0 atom stereocenters. The molecule has 0 aliphatic rings. The fourth-order valence-corrected chi connectivity index (χ4v) is 2.17. The van der Waals surface area contributed by atoms with Gasteiger partial charge >= 0.3 is 0 Å². The first-order valence-electron chi connectivity index (χ1n) is 4.95. The predicted octanol–water partition coefficient (Wildman–Crippen LogP) is 3.88. The third-order valence-corrected chi connectivity index (χ3v) is 2.97. The van der Waals surface area contributed by atoms with Crippen molar-refractivity contribution in [3.63, 3.8) is 0 Å². The van der Waals surface area contributed by atoms with E-state index in [1.165, 1.54) is 0 Å². The molecule has 1 aromatic heterocycles. The van der Waals surface area contributed by atoms with E-state index in [9.17, 15) is 0 Å². The van der Waals surface area contributed by atoms with E-state index in [0.29, 0.717) is 16.6 Å². The molecule has 0 unspecified atom stereocenters. The Bertz CT molecular complexity index is 540. The summed E-state index contributed by atoms with van der Waals surface area (Å²) in [5, 5.41) is 0.584. The van der Waals surface area contributed by atoms with Crippen molar-refractivity contribution in [2.24, 2.45) is 0 Å². The summed E-state index contributed by atoms with van der Waals surface area (Å²) in [6.45, 7) is 1.85. The summed E-state index contributed by atoms with van der Waals surface area (Å²) in [5.74, 6) is 1.35. The van der Waals surface area contributed by atoms with E-state index < -0.39 is 0 Å². The molecule has 1 aromatic carbocycles. The number of rotatable bonds is 2. The molecule has 88 valence electrons. The van der Waals surface area contributed by atoms with Crippen LogP contribution in [0.3, 0.4) is 0 Å². The fourth-order valence-electron chi connectivity index (χ4n) is 1.50. The molecular weight excluding hydrogens is 304 g/mol. The largest absolute Gasteiger partial charge is 0.495 e. The second-order valence-electron chi connectivity index (χ2n) is 3.47. The van der Waals surface area contributed by atoms with Crippen LogP contribution in [0.15, 0.2) is 28.9 Å². The maximum atomic E-state index is 5.98. The minimum absolute atomic E-state index is 0.584. The van der Waals surface area contributed by atoms with Crippen LogP contribution in [0.4, 0.5) is 0 Å². The van der Waals surface area contributed by atoms with E-state index in [0.717, 1.165) is 15.9 Å². The Hall–Kier alpha value is -1.13. The smallest absolute Gasteiger partial charge is 0.138 e. The summed E-state index contributed by atoms with van der Waals surface area (Å²) in [4.78, 5) is 8.54. The molecule has 0 saturated heterocycles. The van der Waals surface area contributed by atoms with Crippen LogP contribution in [0.1, 0.15) is 5.82 Å². The molecular formula is C12H10BrClN2O. The van der Waals surface area contributed by atoms with Crippen molar-refractivity contribution >= 4 is 27.5 Å². The van der Waals surface area contributed by atoms with Crippen LogP contribution in [0.2, 0.25) is 5.02 Å². The Labute approximate surface area is 113 Å². The van der Waals surface area contributed by atoms with Crippen molar-refractivity contribution in [3.8, 4) is 17.0 Å². The first kappa shape index (κ1) is 12.3. The Morgan fingerprint density at radius 3 is 2.65 bits per heavy atom. The summed E-state index contributed by atoms with van der Waals surface area (Å²) in [5.41, 5.74) is 1.77. The van der Waals surface area contributed by atoms with Gasteiger partial charge in [0.1, 0.15) is 16.2 Å². The molecule has 0 aliphatic carbocycles. The number of aromatic nitrogens is 2. The molecule has 0 bridgehead atoms. The van der Waals surface area contributed by atoms with Gasteiger partial charge in [-0.3, -0.25) is 0 Å². The molecule has 17 heavy (non-hydrogen) atoms. The lowest BCUT2D eigenvalue weighted by molar-refractivity contribution is 0.415. The average Bonchev–Trinajstić information content (AvgIpc) is 2.28. The Morgan fingerprint density at radius 1 is 1.24 bits per heavy atom. The number of halogens is 2. The van der Waals surface area contributed by atoms with E-state index in [1.54, 1.807) is 13.2 Å². The van der Waals surface area contributed by atoms with Gasteiger partial charge in [-0.1, -0.05) is 17.7 Å². The lowest BCUT2D eigenvalue weighted by Crippen LogP contribution is -1.92. The third kappa shape index (κ3) is 2.76. The highest BCUT2D eigenvalue weighted by atomic mass is 79.9. The van der Waals surface area contributed by atoms with Crippen molar-refractivity contribution in [2.45, 2.75) is 6.92 Å². The maximum Gasteiger partial charge on any atom is 0.138 e. The summed E-state index contributed by atoms with van der Waals surface area (Å²) in [7, 11) is 1.59. The normalized spacial score (nSPS) is 10.4. The van der Waals surface area contributed by atoms with Crippen LogP contribution in [0.5, 0.6) is 5.75 Å². The van der Waals surface area contributed by atoms with Gasteiger partial charge in [0.2, 0.25) is 0 Å². The van der Waals surface area contributed by atoms with Gasteiger partial charge in [0.25, 0.3) is 0 Å². The molecule has 3 nitrogen and oxygen atoms in total. The van der Waals surface area contributed by atoms with Gasteiger partial charge in [0.05, 0.1) is 17.8 Å². The van der Waals surface area contributed by atoms with Gasteiger partial charge in [0.15, 0.2) is 0 Å². The van der Waals surface area contributed by atoms with Crippen molar-refractivity contribution in [3.05, 3.63) is 39.7 Å². The van der Waals surface area contributed by atoms with Crippen LogP contribution in [0.25, 0.3) is 11.3 Å². The number of nitrogens with zero attached hydrogens (tertiary/aromatic N) is 2. The number of aryl methyl sites for hydroxylation is 1. The monoisotopic (exact) mass is 312 g/mol. The molecule has 0 amide bonds. The number of methoxy groups -OCH3 is 1. The van der Waals surface area contributed by atoms with E-state index in [4.69, 9.17) is 16.3 Å². The van der Waals surface area contributed by atoms with Gasteiger partial charge in [0, 0.05) is 5.56 Å². The van der Waals surface area contributed by atoms with Crippen LogP contribution < -0.4 is 4.74 Å². The highest BCUT2D eigenvalue weighted by Gasteiger charge is 2.07. The molecule has 0 aliphatic heterocycles. The molecule has 1 heterocycles. The highest BCUT2D eigenvalue weighted by molar-refractivity contribution is 9.10. The molecule has 0 fully saturated rings. The third-order valence-electron chi connectivity index (χ3n) is 2.25. The predicted molar refractivity (Wildman–Crippen MR) is 71.5 cm³/mol. The van der Waals surface area contributed by atoms with Gasteiger partial charge in [-0.2, -0.15) is 0 Å². The Balaban J connectivity index is 2.52. The van der Waals surface area contributed by atoms with Crippen LogP contribution >= 0.6 is 27.5 Å². The standard InChI is InChI=1S/C12H10BrClN2O/c1-7-15-10(6-12(13)16-7)8-3-4-9(14)11(5-8)17-2/h3-6H,1-2H3. The van der Waals surface area contributed by atoms with E-state index in [-0.39, 0.29) is 0 Å². The van der Waals surface area contributed by atoms with Crippen LogP contribution in [0, 0.1) is 6.92 Å². The molecule has 2 rings (SSSR count). The molecule has 5 heteroatoms. The van der Waals surface area contributed by atoms with Gasteiger partial charge in [-0.15, -0.1) is 0 Å². The average molecular weight is 314 g/mol. The van der Waals surface area contributed by atoms with Gasteiger partial charge in [-0.05, 0) is 41.1 Å². The molecule has 0 radical (unpaired) electrons. The van der Waals surface area contributed by atoms with E-state index in [1.807, 2.05) is 25.1 Å². The minimum Gasteiger partial charge on any atom is -0.495 e. The van der Waals surface area contributed by atoms with Crippen molar-refractivity contribution < 1.29 is 4.74 Å². The zero-order valence-electron chi connectivity index (χ0n) is 9.37. The first-order chi connectivity index (χ1) is 8.10. The minimum atomic E-state index is 0.584. The summed E-state index contributed by atoms with van der Waals surface area (Å²) in [6, 6.07) is 7.41. The lowest BCUT2D eigenvalue weighted by atomic mass is 10.1. The van der Waals surface area contributed by atoms with E-state index >= 15 is 0 Å². The van der Waals surface area contributed by atoms with Gasteiger partial charge < -0.3 is 4.74 Å². The zero-order valence-corrected chi connectivity index (χ0v) is 11.7. The topological polar surface area (TPSA) is 35.0 Å². The Kier molecular flexibility index (Phi) is 3.64. The first-order valence-corrected chi connectivity index (χ1v) is 6.12. The van der Waals surface area contributed by atoms with Crippen LogP contribution in [-0.2, 0) is 0 Å². The number of ether oxygens (including phenoxy) is 1.